The quantitative estimate of drug-likeness (QED) is 0.591. The Balaban J connectivity index is 1.55. The fraction of sp³-hybridized carbons (Fsp3) is 0.583. The number of hydrogen-bond donors (Lipinski definition) is 3. The van der Waals surface area contributed by atoms with E-state index in [0.29, 0.717) is 0 Å². The fourth-order valence-electron chi connectivity index (χ4n) is 1.64. The van der Waals surface area contributed by atoms with E-state index < -0.39 is 0 Å². The molecule has 4 nitrogen and oxygen atoms in total. The molecule has 0 spiro atoms. The van der Waals surface area contributed by atoms with Gasteiger partial charge in [0.2, 0.25) is 5.56 Å². The third-order valence-corrected chi connectivity index (χ3v) is 2.71. The molecule has 1 aromatic rings. The first-order valence-electron chi connectivity index (χ1n) is 5.96. The molecule has 0 aliphatic heterocycles. The summed E-state index contributed by atoms with van der Waals surface area (Å²) in [6.07, 6.45) is 5.52. The highest BCUT2D eigenvalue weighted by Crippen LogP contribution is 2.18. The number of aromatic nitrogens is 1. The minimum Gasteiger partial charge on any atom is -0.329 e. The number of H-pyrrole nitrogens is 1. The van der Waals surface area contributed by atoms with E-state index in [1.807, 2.05) is 6.07 Å². The largest absolute Gasteiger partial charge is 0.329 e. The fourth-order valence-corrected chi connectivity index (χ4v) is 1.64. The lowest BCUT2D eigenvalue weighted by Gasteiger charge is -2.05. The van der Waals surface area contributed by atoms with E-state index in [0.717, 1.165) is 37.7 Å². The zero-order chi connectivity index (χ0) is 11.2. The van der Waals surface area contributed by atoms with Gasteiger partial charge in [0.15, 0.2) is 0 Å². The van der Waals surface area contributed by atoms with Gasteiger partial charge in [-0.05, 0) is 44.0 Å². The Kier molecular flexibility index (Phi) is 4.13. The molecule has 0 atom stereocenters. The highest BCUT2D eigenvalue weighted by molar-refractivity contribution is 5.09. The number of rotatable bonds is 7. The molecular weight excluding hydrogens is 202 g/mol. The standard InChI is InChI=1S/C12H19N3O/c16-12-8-10(4-7-15-12)9-13-5-1-6-14-11-2-3-11/h4,7-8,11,13-14H,1-3,5-6,9H2,(H,15,16). The van der Waals surface area contributed by atoms with Crippen molar-refractivity contribution in [1.29, 1.82) is 0 Å². The van der Waals surface area contributed by atoms with Gasteiger partial charge in [-0.2, -0.15) is 0 Å². The SMILES string of the molecule is O=c1cc(CNCCCNC2CC2)cc[nH]1. The van der Waals surface area contributed by atoms with Crippen LogP contribution >= 0.6 is 0 Å². The van der Waals surface area contributed by atoms with E-state index in [9.17, 15) is 4.79 Å². The van der Waals surface area contributed by atoms with E-state index >= 15 is 0 Å². The van der Waals surface area contributed by atoms with Crippen molar-refractivity contribution in [3.63, 3.8) is 0 Å². The van der Waals surface area contributed by atoms with Crippen molar-refractivity contribution in [1.82, 2.24) is 15.6 Å². The van der Waals surface area contributed by atoms with E-state index in [2.05, 4.69) is 15.6 Å². The third kappa shape index (κ3) is 4.16. The van der Waals surface area contributed by atoms with Gasteiger partial charge in [0, 0.05) is 24.8 Å². The molecule has 1 fully saturated rings. The molecule has 88 valence electrons. The van der Waals surface area contributed by atoms with Crippen molar-refractivity contribution in [2.24, 2.45) is 0 Å². The van der Waals surface area contributed by atoms with Crippen molar-refractivity contribution < 1.29 is 0 Å². The van der Waals surface area contributed by atoms with Crippen LogP contribution in [0.1, 0.15) is 24.8 Å². The minimum absolute atomic E-state index is 0.0327. The van der Waals surface area contributed by atoms with Crippen LogP contribution in [0.4, 0.5) is 0 Å². The Labute approximate surface area is 95.5 Å². The van der Waals surface area contributed by atoms with Crippen molar-refractivity contribution in [3.8, 4) is 0 Å². The summed E-state index contributed by atoms with van der Waals surface area (Å²) >= 11 is 0. The normalized spacial score (nSPS) is 15.2. The highest BCUT2D eigenvalue weighted by atomic mass is 16.1. The van der Waals surface area contributed by atoms with E-state index in [1.165, 1.54) is 12.8 Å². The summed E-state index contributed by atoms with van der Waals surface area (Å²) in [7, 11) is 0. The highest BCUT2D eigenvalue weighted by Gasteiger charge is 2.19. The van der Waals surface area contributed by atoms with Crippen LogP contribution in [0.25, 0.3) is 0 Å². The van der Waals surface area contributed by atoms with Crippen molar-refractivity contribution in [2.75, 3.05) is 13.1 Å². The number of hydrogen-bond acceptors (Lipinski definition) is 3. The Hall–Kier alpha value is -1.13. The first-order valence-corrected chi connectivity index (χ1v) is 5.96. The molecule has 1 saturated carbocycles. The lowest BCUT2D eigenvalue weighted by Crippen LogP contribution is -2.23. The first kappa shape index (κ1) is 11.4. The van der Waals surface area contributed by atoms with Crippen LogP contribution < -0.4 is 16.2 Å². The monoisotopic (exact) mass is 221 g/mol. The molecule has 1 aliphatic rings. The molecule has 16 heavy (non-hydrogen) atoms. The van der Waals surface area contributed by atoms with Crippen molar-refractivity contribution in [3.05, 3.63) is 34.2 Å². The third-order valence-electron chi connectivity index (χ3n) is 2.71. The van der Waals surface area contributed by atoms with Crippen LogP contribution in [-0.4, -0.2) is 24.1 Å². The van der Waals surface area contributed by atoms with Crippen LogP contribution in [0.3, 0.4) is 0 Å². The second-order valence-corrected chi connectivity index (χ2v) is 4.32. The van der Waals surface area contributed by atoms with Gasteiger partial charge >= 0.3 is 0 Å². The molecule has 0 bridgehead atoms. The average Bonchev–Trinajstić information content (AvgIpc) is 3.07. The molecule has 2 rings (SSSR count). The van der Waals surface area contributed by atoms with Crippen molar-refractivity contribution >= 4 is 0 Å². The Morgan fingerprint density at radius 3 is 3.00 bits per heavy atom. The zero-order valence-electron chi connectivity index (χ0n) is 9.46. The predicted octanol–water partition coefficient (Wildman–Crippen LogP) is 0.607. The molecule has 1 aliphatic carbocycles. The van der Waals surface area contributed by atoms with Gasteiger partial charge in [-0.25, -0.2) is 0 Å². The van der Waals surface area contributed by atoms with Crippen LogP contribution in [-0.2, 0) is 6.54 Å². The maximum absolute atomic E-state index is 11.0. The molecule has 4 heteroatoms. The van der Waals surface area contributed by atoms with Gasteiger partial charge in [-0.3, -0.25) is 4.79 Å². The van der Waals surface area contributed by atoms with E-state index in [1.54, 1.807) is 12.3 Å². The molecule has 0 saturated heterocycles. The first-order chi connectivity index (χ1) is 7.84. The van der Waals surface area contributed by atoms with Gasteiger partial charge in [-0.1, -0.05) is 0 Å². The number of pyridine rings is 1. The van der Waals surface area contributed by atoms with Gasteiger partial charge in [-0.15, -0.1) is 0 Å². The second kappa shape index (κ2) is 5.82. The molecule has 0 unspecified atom stereocenters. The lowest BCUT2D eigenvalue weighted by molar-refractivity contribution is 0.593. The van der Waals surface area contributed by atoms with Crippen LogP contribution in [0.5, 0.6) is 0 Å². The van der Waals surface area contributed by atoms with Crippen LogP contribution in [0.2, 0.25) is 0 Å². The molecule has 0 radical (unpaired) electrons. The maximum Gasteiger partial charge on any atom is 0.248 e. The maximum atomic E-state index is 11.0. The Morgan fingerprint density at radius 2 is 2.25 bits per heavy atom. The van der Waals surface area contributed by atoms with Gasteiger partial charge in [0.25, 0.3) is 0 Å². The summed E-state index contributed by atoms with van der Waals surface area (Å²) < 4.78 is 0. The van der Waals surface area contributed by atoms with E-state index in [-0.39, 0.29) is 5.56 Å². The summed E-state index contributed by atoms with van der Waals surface area (Å²) in [5, 5.41) is 6.80. The number of aromatic amines is 1. The Bertz CT molecular complexity index is 371. The molecule has 0 aromatic carbocycles. The molecule has 0 amide bonds. The summed E-state index contributed by atoms with van der Waals surface area (Å²) in [4.78, 5) is 13.6. The zero-order valence-corrected chi connectivity index (χ0v) is 9.46. The summed E-state index contributed by atoms with van der Waals surface area (Å²) in [6.45, 7) is 2.85. The van der Waals surface area contributed by atoms with Crippen LogP contribution in [0, 0.1) is 0 Å². The summed E-state index contributed by atoms with van der Waals surface area (Å²) in [5.41, 5.74) is 1.01. The summed E-state index contributed by atoms with van der Waals surface area (Å²) in [6, 6.07) is 4.36. The van der Waals surface area contributed by atoms with Crippen molar-refractivity contribution in [2.45, 2.75) is 31.8 Å². The van der Waals surface area contributed by atoms with Gasteiger partial charge < -0.3 is 15.6 Å². The lowest BCUT2D eigenvalue weighted by atomic mass is 10.2. The van der Waals surface area contributed by atoms with Gasteiger partial charge in [0.1, 0.15) is 0 Å². The van der Waals surface area contributed by atoms with Gasteiger partial charge in [0.05, 0.1) is 0 Å². The Morgan fingerprint density at radius 1 is 1.38 bits per heavy atom. The number of nitrogens with one attached hydrogen (secondary N) is 3. The van der Waals surface area contributed by atoms with Crippen LogP contribution in [0.15, 0.2) is 23.1 Å². The second-order valence-electron chi connectivity index (χ2n) is 4.32. The minimum atomic E-state index is -0.0327. The van der Waals surface area contributed by atoms with E-state index in [4.69, 9.17) is 0 Å². The topological polar surface area (TPSA) is 56.9 Å². The molecule has 1 heterocycles. The molecule has 3 N–H and O–H groups in total. The molecular formula is C12H19N3O. The average molecular weight is 221 g/mol. The smallest absolute Gasteiger partial charge is 0.248 e. The molecule has 1 aromatic heterocycles. The summed E-state index contributed by atoms with van der Waals surface area (Å²) in [5.74, 6) is 0. The predicted molar refractivity (Wildman–Crippen MR) is 64.4 cm³/mol.